The van der Waals surface area contributed by atoms with Crippen LogP contribution in [0.15, 0.2) is 18.3 Å². The molecule has 18 heavy (non-hydrogen) atoms. The molecule has 1 fully saturated rings. The number of amides is 1. The van der Waals surface area contributed by atoms with Gasteiger partial charge in [-0.15, -0.1) is 0 Å². The molecule has 1 aliphatic carbocycles. The second-order valence-corrected chi connectivity index (χ2v) is 4.57. The molecule has 5 nitrogen and oxygen atoms in total. The summed E-state index contributed by atoms with van der Waals surface area (Å²) in [5.74, 6) is -0.985. The summed E-state index contributed by atoms with van der Waals surface area (Å²) in [6.07, 6.45) is 4.60. The number of aromatic carboxylic acids is 1. The monoisotopic (exact) mass is 248 g/mol. The number of rotatable bonds is 5. The third-order valence-electron chi connectivity index (χ3n) is 3.15. The summed E-state index contributed by atoms with van der Waals surface area (Å²) in [4.78, 5) is 26.8. The summed E-state index contributed by atoms with van der Waals surface area (Å²) in [6, 6.07) is 3.08. The predicted octanol–water partition coefficient (Wildman–Crippen LogP) is 1.70. The minimum Gasteiger partial charge on any atom is -0.478 e. The van der Waals surface area contributed by atoms with E-state index in [1.807, 2.05) is 0 Å². The molecule has 0 aliphatic heterocycles. The molecule has 0 saturated heterocycles. The topological polar surface area (TPSA) is 79.3 Å². The first kappa shape index (κ1) is 12.5. The van der Waals surface area contributed by atoms with Gasteiger partial charge in [-0.25, -0.2) is 4.79 Å². The van der Waals surface area contributed by atoms with E-state index in [0.717, 1.165) is 19.3 Å². The second-order valence-electron chi connectivity index (χ2n) is 4.57. The largest absolute Gasteiger partial charge is 0.478 e. The van der Waals surface area contributed by atoms with Crippen molar-refractivity contribution < 1.29 is 14.7 Å². The van der Waals surface area contributed by atoms with Crippen LogP contribution in [0.1, 0.15) is 47.0 Å². The van der Waals surface area contributed by atoms with Gasteiger partial charge < -0.3 is 10.4 Å². The molecule has 0 spiro atoms. The number of nitrogens with one attached hydrogen (secondary N) is 1. The Kier molecular flexibility index (Phi) is 3.60. The molecule has 1 heterocycles. The van der Waals surface area contributed by atoms with Crippen molar-refractivity contribution in [2.75, 3.05) is 0 Å². The lowest BCUT2D eigenvalue weighted by Crippen LogP contribution is -2.29. The quantitative estimate of drug-likeness (QED) is 0.831. The number of carbonyl (C=O) groups excluding carboxylic acids is 1. The van der Waals surface area contributed by atoms with Gasteiger partial charge >= 0.3 is 5.97 Å². The van der Waals surface area contributed by atoms with Gasteiger partial charge in [0.25, 0.3) is 5.91 Å². The summed E-state index contributed by atoms with van der Waals surface area (Å²) in [5, 5.41) is 11.8. The first-order valence-electron chi connectivity index (χ1n) is 6.12. The van der Waals surface area contributed by atoms with Crippen LogP contribution >= 0.6 is 0 Å². The van der Waals surface area contributed by atoms with Crippen molar-refractivity contribution in [3.8, 4) is 0 Å². The van der Waals surface area contributed by atoms with Crippen LogP contribution in [-0.2, 0) is 0 Å². The summed E-state index contributed by atoms with van der Waals surface area (Å²) in [7, 11) is 0. The maximum atomic E-state index is 11.9. The van der Waals surface area contributed by atoms with Crippen molar-refractivity contribution in [3.63, 3.8) is 0 Å². The van der Waals surface area contributed by atoms with Gasteiger partial charge in [0, 0.05) is 12.2 Å². The Morgan fingerprint density at radius 2 is 2.33 bits per heavy atom. The van der Waals surface area contributed by atoms with E-state index in [4.69, 9.17) is 5.11 Å². The van der Waals surface area contributed by atoms with E-state index in [2.05, 4.69) is 17.2 Å². The summed E-state index contributed by atoms with van der Waals surface area (Å²) in [6.45, 7) is 2.11. The number of hydrogen-bond donors (Lipinski definition) is 2. The van der Waals surface area contributed by atoms with E-state index in [-0.39, 0.29) is 17.3 Å². The molecule has 2 N–H and O–H groups in total. The minimum absolute atomic E-state index is 0.00727. The predicted molar refractivity (Wildman–Crippen MR) is 65.5 cm³/mol. The fraction of sp³-hybridized carbons (Fsp3) is 0.462. The molecule has 2 unspecified atom stereocenters. The lowest BCUT2D eigenvalue weighted by molar-refractivity contribution is 0.0690. The van der Waals surface area contributed by atoms with Crippen molar-refractivity contribution in [2.45, 2.75) is 32.2 Å². The number of pyridine rings is 1. The van der Waals surface area contributed by atoms with Gasteiger partial charge in [-0.3, -0.25) is 9.78 Å². The highest BCUT2D eigenvalue weighted by atomic mass is 16.4. The van der Waals surface area contributed by atoms with E-state index in [1.165, 1.54) is 18.3 Å². The minimum atomic E-state index is -1.13. The Labute approximate surface area is 105 Å². The average Bonchev–Trinajstić information content (AvgIpc) is 3.07. The number of hydrogen-bond acceptors (Lipinski definition) is 3. The van der Waals surface area contributed by atoms with Gasteiger partial charge in [-0.05, 0) is 30.9 Å². The summed E-state index contributed by atoms with van der Waals surface area (Å²) in [5.41, 5.74) is -0.0603. The summed E-state index contributed by atoms with van der Waals surface area (Å²) >= 11 is 0. The first-order valence-corrected chi connectivity index (χ1v) is 6.12. The molecular formula is C13H16N2O3. The Hall–Kier alpha value is -1.91. The number of aromatic nitrogens is 1. The SMILES string of the molecule is CCCC1CC1NC(=O)c1ncccc1C(=O)O. The molecule has 0 aromatic carbocycles. The fourth-order valence-electron chi connectivity index (χ4n) is 2.11. The highest BCUT2D eigenvalue weighted by Gasteiger charge is 2.37. The van der Waals surface area contributed by atoms with Crippen LogP contribution in [0.3, 0.4) is 0 Å². The summed E-state index contributed by atoms with van der Waals surface area (Å²) < 4.78 is 0. The Morgan fingerprint density at radius 3 is 3.00 bits per heavy atom. The van der Waals surface area contributed by atoms with E-state index in [1.54, 1.807) is 0 Å². The van der Waals surface area contributed by atoms with E-state index >= 15 is 0 Å². The van der Waals surface area contributed by atoms with E-state index in [0.29, 0.717) is 5.92 Å². The molecule has 1 aliphatic rings. The molecule has 1 aromatic heterocycles. The zero-order valence-corrected chi connectivity index (χ0v) is 10.2. The third-order valence-corrected chi connectivity index (χ3v) is 3.15. The van der Waals surface area contributed by atoms with Crippen LogP contribution in [0.4, 0.5) is 0 Å². The van der Waals surface area contributed by atoms with Crippen LogP contribution in [0.25, 0.3) is 0 Å². The Balaban J connectivity index is 2.04. The molecule has 5 heteroatoms. The van der Waals surface area contributed by atoms with Crippen molar-refractivity contribution in [1.82, 2.24) is 10.3 Å². The Morgan fingerprint density at radius 1 is 1.56 bits per heavy atom. The smallest absolute Gasteiger partial charge is 0.338 e. The van der Waals surface area contributed by atoms with Gasteiger partial charge in [0.05, 0.1) is 5.56 Å². The molecule has 2 rings (SSSR count). The normalized spacial score (nSPS) is 21.4. The van der Waals surface area contributed by atoms with Crippen LogP contribution in [0.2, 0.25) is 0 Å². The number of nitrogens with zero attached hydrogens (tertiary/aromatic N) is 1. The lowest BCUT2D eigenvalue weighted by Gasteiger charge is -2.06. The van der Waals surface area contributed by atoms with Crippen LogP contribution in [0, 0.1) is 5.92 Å². The Bertz CT molecular complexity index is 473. The molecule has 1 aromatic rings. The number of carbonyl (C=O) groups is 2. The maximum Gasteiger partial charge on any atom is 0.338 e. The van der Waals surface area contributed by atoms with Crippen molar-refractivity contribution in [2.24, 2.45) is 5.92 Å². The standard InChI is InChI=1S/C13H16N2O3/c1-2-4-8-7-10(8)15-12(16)11-9(13(17)18)5-3-6-14-11/h3,5-6,8,10H,2,4,7H2,1H3,(H,15,16)(H,17,18). The van der Waals surface area contributed by atoms with Gasteiger partial charge in [0.15, 0.2) is 0 Å². The molecule has 0 bridgehead atoms. The van der Waals surface area contributed by atoms with Gasteiger partial charge in [-0.2, -0.15) is 0 Å². The van der Waals surface area contributed by atoms with Gasteiger partial charge in [-0.1, -0.05) is 13.3 Å². The van der Waals surface area contributed by atoms with Crippen LogP contribution in [-0.4, -0.2) is 28.0 Å². The van der Waals surface area contributed by atoms with Crippen LogP contribution in [0.5, 0.6) is 0 Å². The lowest BCUT2D eigenvalue weighted by atomic mass is 10.2. The molecule has 1 amide bonds. The first-order chi connectivity index (χ1) is 8.63. The molecular weight excluding hydrogens is 232 g/mol. The van der Waals surface area contributed by atoms with E-state index in [9.17, 15) is 9.59 Å². The molecule has 0 radical (unpaired) electrons. The van der Waals surface area contributed by atoms with Crippen molar-refractivity contribution >= 4 is 11.9 Å². The second kappa shape index (κ2) is 5.16. The molecule has 96 valence electrons. The zero-order valence-electron chi connectivity index (χ0n) is 10.2. The van der Waals surface area contributed by atoms with Gasteiger partial charge in [0.1, 0.15) is 5.69 Å². The van der Waals surface area contributed by atoms with Gasteiger partial charge in [0.2, 0.25) is 0 Å². The van der Waals surface area contributed by atoms with Crippen LogP contribution < -0.4 is 5.32 Å². The highest BCUT2D eigenvalue weighted by molar-refractivity contribution is 6.03. The zero-order chi connectivity index (χ0) is 13.1. The highest BCUT2D eigenvalue weighted by Crippen LogP contribution is 2.34. The molecule has 1 saturated carbocycles. The van der Waals surface area contributed by atoms with Crippen molar-refractivity contribution in [3.05, 3.63) is 29.6 Å². The average molecular weight is 248 g/mol. The van der Waals surface area contributed by atoms with E-state index < -0.39 is 11.9 Å². The number of carboxylic acid groups (broad SMARTS) is 1. The third kappa shape index (κ3) is 2.67. The van der Waals surface area contributed by atoms with Crippen molar-refractivity contribution in [1.29, 1.82) is 0 Å². The maximum absolute atomic E-state index is 11.9. The number of carboxylic acids is 1. The molecule has 2 atom stereocenters. The fourth-order valence-corrected chi connectivity index (χ4v) is 2.11.